The molecule has 0 amide bonds. The van der Waals surface area contributed by atoms with Crippen molar-refractivity contribution in [2.75, 3.05) is 12.4 Å². The van der Waals surface area contributed by atoms with Crippen molar-refractivity contribution in [1.29, 1.82) is 0 Å². The van der Waals surface area contributed by atoms with Crippen molar-refractivity contribution in [2.45, 2.75) is 6.18 Å². The molecule has 0 aliphatic rings. The Morgan fingerprint density at radius 3 is 2.42 bits per heavy atom. The second-order valence-corrected chi connectivity index (χ2v) is 3.60. The number of para-hydroxylation sites is 1. The van der Waals surface area contributed by atoms with Gasteiger partial charge in [-0.1, -0.05) is 18.2 Å². The predicted octanol–water partition coefficient (Wildman–Crippen LogP) is 3.25. The minimum Gasteiger partial charge on any atom is -0.491 e. The Morgan fingerprint density at radius 1 is 1.16 bits per heavy atom. The summed E-state index contributed by atoms with van der Waals surface area (Å²) >= 11 is 0. The lowest BCUT2D eigenvalue weighted by Gasteiger charge is -2.12. The number of hydrogen-bond donors (Lipinski definition) is 1. The van der Waals surface area contributed by atoms with Crippen LogP contribution in [0.5, 0.6) is 5.75 Å². The van der Waals surface area contributed by atoms with E-state index in [1.165, 1.54) is 7.11 Å². The molecule has 19 heavy (non-hydrogen) atoms. The fraction of sp³-hybridized carbons (Fsp3) is 0.167. The third-order valence-electron chi connectivity index (χ3n) is 2.27. The van der Waals surface area contributed by atoms with Crippen molar-refractivity contribution in [3.8, 4) is 5.75 Å². The monoisotopic (exact) mass is 269 g/mol. The average molecular weight is 269 g/mol. The summed E-state index contributed by atoms with van der Waals surface area (Å²) in [6.45, 7) is 0. The average Bonchev–Trinajstić information content (AvgIpc) is 2.39. The molecule has 7 heteroatoms. The topological polar surface area (TPSA) is 47.0 Å². The molecule has 0 fully saturated rings. The Balaban J connectivity index is 2.37. The van der Waals surface area contributed by atoms with Crippen molar-refractivity contribution in [1.82, 2.24) is 9.97 Å². The van der Waals surface area contributed by atoms with E-state index in [-0.39, 0.29) is 11.6 Å². The largest absolute Gasteiger partial charge is 0.491 e. The van der Waals surface area contributed by atoms with Crippen molar-refractivity contribution in [3.05, 3.63) is 42.4 Å². The first-order valence-electron chi connectivity index (χ1n) is 5.31. The first-order valence-corrected chi connectivity index (χ1v) is 5.31. The summed E-state index contributed by atoms with van der Waals surface area (Å²) in [5, 5.41) is 2.76. The lowest BCUT2D eigenvalue weighted by Crippen LogP contribution is -2.12. The Labute approximate surface area is 107 Å². The molecule has 0 saturated heterocycles. The number of nitrogens with zero attached hydrogens (tertiary/aromatic N) is 2. The molecule has 0 aliphatic carbocycles. The van der Waals surface area contributed by atoms with Crippen LogP contribution in [0.15, 0.2) is 36.5 Å². The minimum atomic E-state index is -4.60. The molecular weight excluding hydrogens is 259 g/mol. The maximum atomic E-state index is 12.5. The van der Waals surface area contributed by atoms with Crippen molar-refractivity contribution >= 4 is 11.5 Å². The van der Waals surface area contributed by atoms with Gasteiger partial charge in [-0.25, -0.2) is 9.97 Å². The summed E-state index contributed by atoms with van der Waals surface area (Å²) in [5.74, 6) is -1.11. The van der Waals surface area contributed by atoms with Gasteiger partial charge in [0.05, 0.1) is 13.3 Å². The van der Waals surface area contributed by atoms with Gasteiger partial charge >= 0.3 is 6.18 Å². The molecule has 0 bridgehead atoms. The molecule has 0 unspecified atom stereocenters. The van der Waals surface area contributed by atoms with Crippen LogP contribution in [0, 0.1) is 0 Å². The minimum absolute atomic E-state index is 0.0315. The number of methoxy groups -OCH3 is 1. The van der Waals surface area contributed by atoms with Gasteiger partial charge in [-0.05, 0) is 12.1 Å². The highest BCUT2D eigenvalue weighted by Crippen LogP contribution is 2.31. The molecule has 1 N–H and O–H groups in total. The molecule has 1 aromatic heterocycles. The number of rotatable bonds is 3. The molecule has 4 nitrogen and oxygen atoms in total. The Kier molecular flexibility index (Phi) is 3.55. The molecular formula is C12H10F3N3O. The van der Waals surface area contributed by atoms with Crippen LogP contribution in [-0.2, 0) is 6.18 Å². The zero-order valence-corrected chi connectivity index (χ0v) is 9.90. The van der Waals surface area contributed by atoms with E-state index in [1.54, 1.807) is 30.3 Å². The van der Waals surface area contributed by atoms with Gasteiger partial charge < -0.3 is 10.1 Å². The number of hydrogen-bond acceptors (Lipinski definition) is 4. The molecule has 2 rings (SSSR count). The lowest BCUT2D eigenvalue weighted by molar-refractivity contribution is -0.144. The number of alkyl halides is 3. The molecule has 0 saturated carbocycles. The zero-order valence-electron chi connectivity index (χ0n) is 9.90. The van der Waals surface area contributed by atoms with Crippen LogP contribution < -0.4 is 10.1 Å². The summed E-state index contributed by atoms with van der Waals surface area (Å²) in [7, 11) is 1.34. The SMILES string of the molecule is COc1cnc(C(F)(F)F)nc1Nc1ccccc1. The lowest BCUT2D eigenvalue weighted by atomic mass is 10.3. The smallest absolute Gasteiger partial charge is 0.451 e. The van der Waals surface area contributed by atoms with Gasteiger partial charge in [-0.3, -0.25) is 0 Å². The van der Waals surface area contributed by atoms with Crippen LogP contribution in [0.25, 0.3) is 0 Å². The molecule has 0 spiro atoms. The molecule has 2 aromatic rings. The third kappa shape index (κ3) is 3.12. The molecule has 100 valence electrons. The highest BCUT2D eigenvalue weighted by molar-refractivity contribution is 5.61. The summed E-state index contributed by atoms with van der Waals surface area (Å²) in [5.41, 5.74) is 0.604. The number of benzene rings is 1. The van der Waals surface area contributed by atoms with E-state index in [0.29, 0.717) is 5.69 Å². The van der Waals surface area contributed by atoms with Crippen LogP contribution in [0.1, 0.15) is 5.82 Å². The fourth-order valence-corrected chi connectivity index (χ4v) is 1.40. The second-order valence-electron chi connectivity index (χ2n) is 3.60. The van der Waals surface area contributed by atoms with E-state index in [9.17, 15) is 13.2 Å². The van der Waals surface area contributed by atoms with Crippen LogP contribution in [0.3, 0.4) is 0 Å². The maximum absolute atomic E-state index is 12.5. The molecule has 0 radical (unpaired) electrons. The number of ether oxygens (including phenoxy) is 1. The first-order chi connectivity index (χ1) is 9.00. The van der Waals surface area contributed by atoms with Gasteiger partial charge in [0.25, 0.3) is 0 Å². The highest BCUT2D eigenvalue weighted by Gasteiger charge is 2.35. The van der Waals surface area contributed by atoms with E-state index in [2.05, 4.69) is 15.3 Å². The predicted molar refractivity (Wildman–Crippen MR) is 63.3 cm³/mol. The standard InChI is InChI=1S/C12H10F3N3O/c1-19-9-7-16-11(12(13,14)15)18-10(9)17-8-5-3-2-4-6-8/h2-7H,1H3,(H,16,17,18). The molecule has 0 atom stereocenters. The number of nitrogens with one attached hydrogen (secondary N) is 1. The van der Waals surface area contributed by atoms with Crippen molar-refractivity contribution in [3.63, 3.8) is 0 Å². The summed E-state index contributed by atoms with van der Waals surface area (Å²) in [6.07, 6.45) is -3.61. The Morgan fingerprint density at radius 2 is 1.84 bits per heavy atom. The van der Waals surface area contributed by atoms with E-state index in [0.717, 1.165) is 6.20 Å². The van der Waals surface area contributed by atoms with E-state index < -0.39 is 12.0 Å². The third-order valence-corrected chi connectivity index (χ3v) is 2.27. The molecule has 1 heterocycles. The van der Waals surface area contributed by atoms with Gasteiger partial charge in [-0.2, -0.15) is 13.2 Å². The Bertz CT molecular complexity index is 558. The molecule has 1 aromatic carbocycles. The van der Waals surface area contributed by atoms with E-state index in [1.807, 2.05) is 0 Å². The quantitative estimate of drug-likeness (QED) is 0.929. The van der Waals surface area contributed by atoms with Gasteiger partial charge in [0.15, 0.2) is 11.6 Å². The van der Waals surface area contributed by atoms with Crippen LogP contribution in [0.4, 0.5) is 24.7 Å². The second kappa shape index (κ2) is 5.13. The van der Waals surface area contributed by atoms with Crippen LogP contribution in [0.2, 0.25) is 0 Å². The molecule has 0 aliphatic heterocycles. The number of anilines is 2. The normalized spacial score (nSPS) is 11.2. The van der Waals surface area contributed by atoms with E-state index in [4.69, 9.17) is 4.74 Å². The zero-order chi connectivity index (χ0) is 13.9. The number of halogens is 3. The van der Waals surface area contributed by atoms with Crippen LogP contribution in [-0.4, -0.2) is 17.1 Å². The summed E-state index contributed by atoms with van der Waals surface area (Å²) in [6, 6.07) is 8.70. The summed E-state index contributed by atoms with van der Waals surface area (Å²) in [4.78, 5) is 6.66. The van der Waals surface area contributed by atoms with Crippen LogP contribution >= 0.6 is 0 Å². The maximum Gasteiger partial charge on any atom is 0.451 e. The van der Waals surface area contributed by atoms with Gasteiger partial charge in [0.1, 0.15) is 0 Å². The Hall–Kier alpha value is -2.31. The summed E-state index contributed by atoms with van der Waals surface area (Å²) < 4.78 is 42.6. The first kappa shape index (κ1) is 13.1. The van der Waals surface area contributed by atoms with Crippen molar-refractivity contribution < 1.29 is 17.9 Å². The van der Waals surface area contributed by atoms with Gasteiger partial charge in [0.2, 0.25) is 5.82 Å². The van der Waals surface area contributed by atoms with E-state index >= 15 is 0 Å². The number of aromatic nitrogens is 2. The van der Waals surface area contributed by atoms with Gasteiger partial charge in [-0.15, -0.1) is 0 Å². The van der Waals surface area contributed by atoms with Gasteiger partial charge in [0, 0.05) is 5.69 Å². The van der Waals surface area contributed by atoms with Crippen molar-refractivity contribution in [2.24, 2.45) is 0 Å². The highest BCUT2D eigenvalue weighted by atomic mass is 19.4. The fourth-order valence-electron chi connectivity index (χ4n) is 1.40.